The molecular weight excluding hydrogens is 286 g/mol. The summed E-state index contributed by atoms with van der Waals surface area (Å²) in [5, 5.41) is 8.68. The number of nitrogens with zero attached hydrogens (tertiary/aromatic N) is 1. The van der Waals surface area contributed by atoms with Crippen molar-refractivity contribution in [1.29, 1.82) is 5.26 Å². The van der Waals surface area contributed by atoms with E-state index in [1.165, 1.54) is 6.07 Å². The Balaban J connectivity index is 2.34. The van der Waals surface area contributed by atoms with E-state index in [0.29, 0.717) is 0 Å². The second-order valence-electron chi connectivity index (χ2n) is 3.87. The van der Waals surface area contributed by atoms with Gasteiger partial charge in [-0.05, 0) is 42.5 Å². The summed E-state index contributed by atoms with van der Waals surface area (Å²) in [6.45, 7) is 0. The standard InChI is InChI=1S/C13H8F2N2O2S/c14-10-1-4-12(5-2-10)20(18,19)17-11-3-6-13(15)9(7-11)8-16/h1-7,17H. The van der Waals surface area contributed by atoms with Crippen LogP contribution >= 0.6 is 0 Å². The zero-order valence-corrected chi connectivity index (χ0v) is 10.8. The highest BCUT2D eigenvalue weighted by Gasteiger charge is 2.15. The van der Waals surface area contributed by atoms with Gasteiger partial charge in [0.2, 0.25) is 0 Å². The maximum absolute atomic E-state index is 13.1. The van der Waals surface area contributed by atoms with Gasteiger partial charge in [-0.1, -0.05) is 0 Å². The molecule has 0 radical (unpaired) electrons. The summed E-state index contributed by atoms with van der Waals surface area (Å²) in [5.41, 5.74) is -0.225. The average Bonchev–Trinajstić information content (AvgIpc) is 2.41. The molecule has 2 aromatic rings. The number of benzene rings is 2. The van der Waals surface area contributed by atoms with E-state index in [4.69, 9.17) is 5.26 Å². The summed E-state index contributed by atoms with van der Waals surface area (Å²) in [6, 6.07) is 9.10. The van der Waals surface area contributed by atoms with E-state index in [-0.39, 0.29) is 16.1 Å². The number of rotatable bonds is 3. The number of hydrogen-bond acceptors (Lipinski definition) is 3. The van der Waals surface area contributed by atoms with Crippen LogP contribution in [-0.2, 0) is 10.0 Å². The Morgan fingerprint density at radius 2 is 1.70 bits per heavy atom. The SMILES string of the molecule is N#Cc1cc(NS(=O)(=O)c2ccc(F)cc2)ccc1F. The van der Waals surface area contributed by atoms with Gasteiger partial charge >= 0.3 is 0 Å². The third-order valence-corrected chi connectivity index (χ3v) is 3.86. The molecule has 0 aliphatic carbocycles. The molecule has 0 saturated heterocycles. The van der Waals surface area contributed by atoms with Crippen LogP contribution in [0.15, 0.2) is 47.4 Å². The van der Waals surface area contributed by atoms with Gasteiger partial charge in [-0.3, -0.25) is 4.72 Å². The second kappa shape index (κ2) is 5.27. The van der Waals surface area contributed by atoms with E-state index in [1.807, 2.05) is 0 Å². The molecule has 0 unspecified atom stereocenters. The van der Waals surface area contributed by atoms with Crippen LogP contribution in [0.2, 0.25) is 0 Å². The summed E-state index contributed by atoms with van der Waals surface area (Å²) < 4.78 is 52.0. The monoisotopic (exact) mass is 294 g/mol. The van der Waals surface area contributed by atoms with E-state index in [1.54, 1.807) is 6.07 Å². The number of anilines is 1. The van der Waals surface area contributed by atoms with Gasteiger partial charge in [0.1, 0.15) is 17.7 Å². The summed E-state index contributed by atoms with van der Waals surface area (Å²) >= 11 is 0. The number of nitrogens with one attached hydrogen (secondary N) is 1. The van der Waals surface area contributed by atoms with Crippen LogP contribution in [0.5, 0.6) is 0 Å². The lowest BCUT2D eigenvalue weighted by Crippen LogP contribution is -2.13. The van der Waals surface area contributed by atoms with E-state index in [2.05, 4.69) is 4.72 Å². The smallest absolute Gasteiger partial charge is 0.261 e. The van der Waals surface area contributed by atoms with Gasteiger partial charge in [0.25, 0.3) is 10.0 Å². The predicted molar refractivity (Wildman–Crippen MR) is 68.3 cm³/mol. The fraction of sp³-hybridized carbons (Fsp3) is 0. The Morgan fingerprint density at radius 3 is 2.30 bits per heavy atom. The van der Waals surface area contributed by atoms with Crippen molar-refractivity contribution in [3.63, 3.8) is 0 Å². The highest BCUT2D eigenvalue weighted by atomic mass is 32.2. The Bertz CT molecular complexity index is 781. The fourth-order valence-corrected chi connectivity index (χ4v) is 2.55. The molecular formula is C13H8F2N2O2S. The van der Waals surface area contributed by atoms with Crippen molar-refractivity contribution < 1.29 is 17.2 Å². The fourth-order valence-electron chi connectivity index (χ4n) is 1.50. The third-order valence-electron chi connectivity index (χ3n) is 2.46. The number of hydrogen-bond donors (Lipinski definition) is 1. The Hall–Kier alpha value is -2.46. The summed E-state index contributed by atoms with van der Waals surface area (Å²) in [6.07, 6.45) is 0. The second-order valence-corrected chi connectivity index (χ2v) is 5.55. The van der Waals surface area contributed by atoms with E-state index in [0.717, 1.165) is 36.4 Å². The van der Waals surface area contributed by atoms with Crippen molar-refractivity contribution in [2.75, 3.05) is 4.72 Å². The van der Waals surface area contributed by atoms with Crippen LogP contribution in [0.1, 0.15) is 5.56 Å². The average molecular weight is 294 g/mol. The molecule has 0 amide bonds. The Kier molecular flexibility index (Phi) is 3.68. The Morgan fingerprint density at radius 1 is 1.05 bits per heavy atom. The number of sulfonamides is 1. The van der Waals surface area contributed by atoms with Gasteiger partial charge in [-0.2, -0.15) is 5.26 Å². The van der Waals surface area contributed by atoms with E-state index < -0.39 is 21.7 Å². The zero-order chi connectivity index (χ0) is 14.8. The van der Waals surface area contributed by atoms with Crippen LogP contribution in [0.25, 0.3) is 0 Å². The molecule has 2 rings (SSSR count). The van der Waals surface area contributed by atoms with Crippen molar-refractivity contribution in [3.05, 3.63) is 59.7 Å². The molecule has 0 aliphatic rings. The lowest BCUT2D eigenvalue weighted by Gasteiger charge is -2.08. The van der Waals surface area contributed by atoms with Crippen LogP contribution < -0.4 is 4.72 Å². The minimum Gasteiger partial charge on any atom is -0.280 e. The maximum Gasteiger partial charge on any atom is 0.261 e. The molecule has 0 fully saturated rings. The van der Waals surface area contributed by atoms with Crippen molar-refractivity contribution in [2.24, 2.45) is 0 Å². The first-order chi connectivity index (χ1) is 9.42. The minimum absolute atomic E-state index is 0.0484. The first-order valence-electron chi connectivity index (χ1n) is 5.40. The van der Waals surface area contributed by atoms with Gasteiger partial charge in [-0.25, -0.2) is 17.2 Å². The molecule has 1 N–H and O–H groups in total. The van der Waals surface area contributed by atoms with Gasteiger partial charge in [0.15, 0.2) is 0 Å². The Labute approximate surface area is 114 Å². The van der Waals surface area contributed by atoms with Crippen LogP contribution in [-0.4, -0.2) is 8.42 Å². The van der Waals surface area contributed by atoms with Gasteiger partial charge in [-0.15, -0.1) is 0 Å². The maximum atomic E-state index is 13.1. The van der Waals surface area contributed by atoms with Crippen LogP contribution in [0.3, 0.4) is 0 Å². The zero-order valence-electron chi connectivity index (χ0n) is 9.97. The molecule has 0 bridgehead atoms. The van der Waals surface area contributed by atoms with E-state index >= 15 is 0 Å². The molecule has 0 aliphatic heterocycles. The highest BCUT2D eigenvalue weighted by molar-refractivity contribution is 7.92. The normalized spacial score (nSPS) is 10.8. The van der Waals surface area contributed by atoms with Crippen molar-refractivity contribution in [2.45, 2.75) is 4.90 Å². The lowest BCUT2D eigenvalue weighted by molar-refractivity contribution is 0.599. The molecule has 0 aromatic heterocycles. The predicted octanol–water partition coefficient (Wildman–Crippen LogP) is 2.64. The van der Waals surface area contributed by atoms with Crippen LogP contribution in [0.4, 0.5) is 14.5 Å². The van der Waals surface area contributed by atoms with E-state index in [9.17, 15) is 17.2 Å². The molecule has 0 spiro atoms. The molecule has 0 saturated carbocycles. The van der Waals surface area contributed by atoms with Crippen molar-refractivity contribution in [3.8, 4) is 6.07 Å². The molecule has 2 aromatic carbocycles. The largest absolute Gasteiger partial charge is 0.280 e. The molecule has 7 heteroatoms. The summed E-state index contributed by atoms with van der Waals surface area (Å²) in [5.74, 6) is -1.30. The summed E-state index contributed by atoms with van der Waals surface area (Å²) in [4.78, 5) is -0.137. The van der Waals surface area contributed by atoms with Crippen LogP contribution in [0, 0.1) is 23.0 Å². The minimum atomic E-state index is -3.92. The summed E-state index contributed by atoms with van der Waals surface area (Å²) in [7, 11) is -3.92. The number of nitriles is 1. The van der Waals surface area contributed by atoms with Crippen molar-refractivity contribution >= 4 is 15.7 Å². The number of halogens is 2. The lowest BCUT2D eigenvalue weighted by atomic mass is 10.2. The third kappa shape index (κ3) is 2.92. The van der Waals surface area contributed by atoms with Crippen molar-refractivity contribution in [1.82, 2.24) is 0 Å². The molecule has 0 atom stereocenters. The first kappa shape index (κ1) is 14.0. The molecule has 4 nitrogen and oxygen atoms in total. The van der Waals surface area contributed by atoms with Gasteiger partial charge in [0.05, 0.1) is 16.1 Å². The molecule has 102 valence electrons. The highest BCUT2D eigenvalue weighted by Crippen LogP contribution is 2.19. The quantitative estimate of drug-likeness (QED) is 0.946. The molecule has 0 heterocycles. The first-order valence-corrected chi connectivity index (χ1v) is 6.89. The van der Waals surface area contributed by atoms with Gasteiger partial charge < -0.3 is 0 Å². The topological polar surface area (TPSA) is 70.0 Å². The van der Waals surface area contributed by atoms with Gasteiger partial charge in [0, 0.05) is 0 Å². The molecule has 20 heavy (non-hydrogen) atoms.